The van der Waals surface area contributed by atoms with E-state index < -0.39 is 0 Å². The highest BCUT2D eigenvalue weighted by molar-refractivity contribution is 5.80. The fraction of sp³-hybridized carbons (Fsp3) is 0.278. The van der Waals surface area contributed by atoms with Crippen LogP contribution in [0.3, 0.4) is 0 Å². The summed E-state index contributed by atoms with van der Waals surface area (Å²) >= 11 is 0. The van der Waals surface area contributed by atoms with E-state index in [1.807, 2.05) is 0 Å². The van der Waals surface area contributed by atoms with Crippen LogP contribution < -0.4 is 5.56 Å². The second kappa shape index (κ2) is 6.62. The summed E-state index contributed by atoms with van der Waals surface area (Å²) in [6.45, 7) is 2.72. The molecule has 0 aliphatic heterocycles. The van der Waals surface area contributed by atoms with E-state index in [1.165, 1.54) is 23.0 Å². The molecule has 3 aromatic heterocycles. The Bertz CT molecular complexity index is 1130. The Morgan fingerprint density at radius 2 is 1.88 bits per heavy atom. The first kappa shape index (κ1) is 16.3. The van der Waals surface area contributed by atoms with Gasteiger partial charge in [-0.25, -0.2) is 9.37 Å². The first-order valence-corrected chi connectivity index (χ1v) is 8.54. The van der Waals surface area contributed by atoms with Crippen molar-refractivity contribution in [2.24, 2.45) is 0 Å². The lowest BCUT2D eigenvalue weighted by Gasteiger charge is -2.06. The van der Waals surface area contributed by atoms with Crippen molar-refractivity contribution in [1.82, 2.24) is 29.4 Å². The molecule has 0 unspecified atom stereocenters. The highest BCUT2D eigenvalue weighted by atomic mass is 19.1. The van der Waals surface area contributed by atoms with Crippen LogP contribution in [-0.2, 0) is 6.54 Å². The molecule has 0 N–H and O–H groups in total. The minimum absolute atomic E-state index is 0.185. The molecule has 0 bridgehead atoms. The van der Waals surface area contributed by atoms with E-state index in [0.717, 1.165) is 24.8 Å². The summed E-state index contributed by atoms with van der Waals surface area (Å²) < 4.78 is 16.2. The first-order valence-electron chi connectivity index (χ1n) is 8.54. The number of hydrogen-bond donors (Lipinski definition) is 0. The van der Waals surface area contributed by atoms with Gasteiger partial charge in [0.15, 0.2) is 16.8 Å². The maximum atomic E-state index is 13.1. The van der Waals surface area contributed by atoms with Crippen LogP contribution in [0.5, 0.6) is 0 Å². The van der Waals surface area contributed by atoms with E-state index in [0.29, 0.717) is 23.4 Å². The summed E-state index contributed by atoms with van der Waals surface area (Å²) in [4.78, 5) is 17.0. The van der Waals surface area contributed by atoms with Crippen LogP contribution in [-0.4, -0.2) is 29.4 Å². The first-order chi connectivity index (χ1) is 12.7. The number of halogens is 1. The highest BCUT2D eigenvalue weighted by Crippen LogP contribution is 2.24. The second-order valence-electron chi connectivity index (χ2n) is 6.12. The average molecular weight is 352 g/mol. The summed E-state index contributed by atoms with van der Waals surface area (Å²) in [6.07, 6.45) is 6.19. The Balaban J connectivity index is 1.82. The minimum atomic E-state index is -0.313. The number of nitrogens with zero attached hydrogens (tertiary/aromatic N) is 6. The number of aryl methyl sites for hydroxylation is 1. The van der Waals surface area contributed by atoms with E-state index >= 15 is 0 Å². The average Bonchev–Trinajstić information content (AvgIpc) is 3.09. The molecule has 1 aromatic carbocycles. The van der Waals surface area contributed by atoms with Crippen LogP contribution in [0.15, 0.2) is 41.6 Å². The number of rotatable bonds is 5. The highest BCUT2D eigenvalue weighted by Gasteiger charge is 2.15. The van der Waals surface area contributed by atoms with Gasteiger partial charge >= 0.3 is 0 Å². The SMILES string of the molecule is CCCCCn1cnc2c(nnc3c(-c4ccc(F)cc4)cnn32)c1=O. The van der Waals surface area contributed by atoms with Crippen molar-refractivity contribution in [2.45, 2.75) is 32.7 Å². The normalized spacial score (nSPS) is 11.5. The summed E-state index contributed by atoms with van der Waals surface area (Å²) in [5, 5.41) is 12.6. The van der Waals surface area contributed by atoms with Crippen molar-refractivity contribution < 1.29 is 4.39 Å². The molecule has 0 radical (unpaired) electrons. The molecular weight excluding hydrogens is 335 g/mol. The van der Waals surface area contributed by atoms with Crippen molar-refractivity contribution in [3.63, 3.8) is 0 Å². The Morgan fingerprint density at radius 3 is 2.65 bits per heavy atom. The van der Waals surface area contributed by atoms with Gasteiger partial charge in [-0.1, -0.05) is 31.9 Å². The lowest BCUT2D eigenvalue weighted by Crippen LogP contribution is -2.23. The standard InChI is InChI=1S/C18H17FN6O/c1-2-3-4-9-24-11-20-17-15(18(24)26)22-23-16-14(10-21-25(16)17)12-5-7-13(19)8-6-12/h5-8,10-11H,2-4,9H2,1H3. The van der Waals surface area contributed by atoms with Gasteiger partial charge in [0.1, 0.15) is 12.1 Å². The van der Waals surface area contributed by atoms with Gasteiger partial charge in [-0.05, 0) is 24.1 Å². The summed E-state index contributed by atoms with van der Waals surface area (Å²) in [5.74, 6) is -0.313. The zero-order chi connectivity index (χ0) is 18.1. The topological polar surface area (TPSA) is 78.0 Å². The van der Waals surface area contributed by atoms with Crippen molar-refractivity contribution in [3.8, 4) is 11.1 Å². The van der Waals surface area contributed by atoms with Crippen LogP contribution in [0.25, 0.3) is 27.9 Å². The van der Waals surface area contributed by atoms with Crippen molar-refractivity contribution >= 4 is 16.8 Å². The van der Waals surface area contributed by atoms with E-state index in [2.05, 4.69) is 27.2 Å². The quantitative estimate of drug-likeness (QED) is 0.516. The van der Waals surface area contributed by atoms with Gasteiger partial charge in [-0.3, -0.25) is 9.36 Å². The summed E-state index contributed by atoms with van der Waals surface area (Å²) in [5.41, 5.74) is 2.26. The third-order valence-corrected chi connectivity index (χ3v) is 4.34. The Hall–Kier alpha value is -3.16. The van der Waals surface area contributed by atoms with Crippen LogP contribution in [0.2, 0.25) is 0 Å². The van der Waals surface area contributed by atoms with Gasteiger partial charge in [-0.15, -0.1) is 10.2 Å². The zero-order valence-electron chi connectivity index (χ0n) is 14.3. The van der Waals surface area contributed by atoms with Crippen molar-refractivity contribution in [1.29, 1.82) is 0 Å². The summed E-state index contributed by atoms with van der Waals surface area (Å²) in [6, 6.07) is 6.05. The Kier molecular flexibility index (Phi) is 4.16. The molecule has 7 nitrogen and oxygen atoms in total. The monoisotopic (exact) mass is 352 g/mol. The second-order valence-corrected chi connectivity index (χ2v) is 6.12. The predicted octanol–water partition coefficient (Wildman–Crippen LogP) is 2.83. The van der Waals surface area contributed by atoms with E-state index in [1.54, 1.807) is 22.9 Å². The van der Waals surface area contributed by atoms with E-state index in [-0.39, 0.29) is 16.9 Å². The Labute approximate surface area is 148 Å². The molecular formula is C18H17FN6O. The van der Waals surface area contributed by atoms with Crippen LogP contribution >= 0.6 is 0 Å². The number of hydrogen-bond acceptors (Lipinski definition) is 5. The molecule has 26 heavy (non-hydrogen) atoms. The van der Waals surface area contributed by atoms with E-state index in [9.17, 15) is 9.18 Å². The molecule has 0 saturated heterocycles. The molecule has 0 aliphatic rings. The van der Waals surface area contributed by atoms with Gasteiger partial charge < -0.3 is 0 Å². The number of aromatic nitrogens is 6. The van der Waals surface area contributed by atoms with Gasteiger partial charge in [-0.2, -0.15) is 9.61 Å². The third kappa shape index (κ3) is 2.73. The van der Waals surface area contributed by atoms with Crippen molar-refractivity contribution in [2.75, 3.05) is 0 Å². The fourth-order valence-corrected chi connectivity index (χ4v) is 2.93. The molecule has 0 fully saturated rings. The Morgan fingerprint density at radius 1 is 1.08 bits per heavy atom. The number of benzene rings is 1. The molecule has 0 atom stereocenters. The van der Waals surface area contributed by atoms with Gasteiger partial charge in [0.2, 0.25) is 0 Å². The number of unbranched alkanes of at least 4 members (excludes halogenated alkanes) is 2. The zero-order valence-corrected chi connectivity index (χ0v) is 14.3. The maximum absolute atomic E-state index is 13.1. The largest absolute Gasteiger partial charge is 0.297 e. The van der Waals surface area contributed by atoms with Crippen LogP contribution in [0.4, 0.5) is 4.39 Å². The van der Waals surface area contributed by atoms with Gasteiger partial charge in [0.25, 0.3) is 5.56 Å². The molecule has 0 aliphatic carbocycles. The van der Waals surface area contributed by atoms with Crippen molar-refractivity contribution in [3.05, 3.63) is 53.0 Å². The summed E-state index contributed by atoms with van der Waals surface area (Å²) in [7, 11) is 0. The maximum Gasteiger partial charge on any atom is 0.283 e. The van der Waals surface area contributed by atoms with Crippen LogP contribution in [0, 0.1) is 5.82 Å². The molecule has 0 amide bonds. The van der Waals surface area contributed by atoms with Gasteiger partial charge in [0.05, 0.1) is 6.20 Å². The molecule has 0 spiro atoms. The molecule has 132 valence electrons. The van der Waals surface area contributed by atoms with Crippen LogP contribution in [0.1, 0.15) is 26.2 Å². The fourth-order valence-electron chi connectivity index (χ4n) is 2.93. The lowest BCUT2D eigenvalue weighted by molar-refractivity contribution is 0.582. The van der Waals surface area contributed by atoms with Gasteiger partial charge in [0, 0.05) is 12.1 Å². The molecule has 8 heteroatoms. The smallest absolute Gasteiger partial charge is 0.283 e. The molecule has 4 aromatic rings. The third-order valence-electron chi connectivity index (χ3n) is 4.34. The molecule has 0 saturated carbocycles. The van der Waals surface area contributed by atoms with E-state index in [4.69, 9.17) is 0 Å². The number of fused-ring (bicyclic) bond motifs is 3. The minimum Gasteiger partial charge on any atom is -0.297 e. The molecule has 3 heterocycles. The predicted molar refractivity (Wildman–Crippen MR) is 95.3 cm³/mol. The molecule has 4 rings (SSSR count). The lowest BCUT2D eigenvalue weighted by atomic mass is 10.1.